The fourth-order valence-electron chi connectivity index (χ4n) is 1.58. The van der Waals surface area contributed by atoms with E-state index in [1.807, 2.05) is 31.2 Å². The van der Waals surface area contributed by atoms with Gasteiger partial charge in [0.1, 0.15) is 6.04 Å². The summed E-state index contributed by atoms with van der Waals surface area (Å²) in [6.07, 6.45) is 1.11. The largest absolute Gasteiger partial charge is 0.480 e. The Labute approximate surface area is 120 Å². The zero-order chi connectivity index (χ0) is 14.3. The first kappa shape index (κ1) is 15.5. The third-order valence-electron chi connectivity index (χ3n) is 2.52. The van der Waals surface area contributed by atoms with Crippen molar-refractivity contribution in [2.75, 3.05) is 0 Å². The van der Waals surface area contributed by atoms with E-state index in [1.54, 1.807) is 0 Å². The molecule has 0 aliphatic heterocycles. The molecular weight excluding hydrogens is 312 g/mol. The smallest absolute Gasteiger partial charge is 0.326 e. The van der Waals surface area contributed by atoms with Crippen molar-refractivity contribution in [3.8, 4) is 0 Å². The Bertz CT molecular complexity index is 451. The molecular formula is C13H17BrN2O3. The van der Waals surface area contributed by atoms with Crippen LogP contribution in [0.4, 0.5) is 4.79 Å². The number of carbonyl (C=O) groups is 2. The molecule has 6 heteroatoms. The monoisotopic (exact) mass is 328 g/mol. The van der Waals surface area contributed by atoms with Crippen molar-refractivity contribution in [2.24, 2.45) is 0 Å². The molecule has 0 aliphatic carbocycles. The fraction of sp³-hybridized carbons (Fsp3) is 0.385. The number of rotatable bonds is 6. The molecule has 5 nitrogen and oxygen atoms in total. The molecule has 104 valence electrons. The van der Waals surface area contributed by atoms with Gasteiger partial charge in [0.2, 0.25) is 0 Å². The second-order valence-corrected chi connectivity index (χ2v) is 5.05. The van der Waals surface area contributed by atoms with Gasteiger partial charge in [-0.05, 0) is 24.1 Å². The first-order valence-electron chi connectivity index (χ1n) is 6.04. The van der Waals surface area contributed by atoms with Crippen molar-refractivity contribution in [1.29, 1.82) is 0 Å². The van der Waals surface area contributed by atoms with Gasteiger partial charge < -0.3 is 15.7 Å². The Kier molecular flexibility index (Phi) is 6.35. The lowest BCUT2D eigenvalue weighted by atomic mass is 10.2. The molecule has 1 rings (SSSR count). The second-order valence-electron chi connectivity index (χ2n) is 4.14. The van der Waals surface area contributed by atoms with Crippen molar-refractivity contribution in [3.63, 3.8) is 0 Å². The van der Waals surface area contributed by atoms with E-state index in [9.17, 15) is 9.59 Å². The van der Waals surface area contributed by atoms with Crippen LogP contribution in [0.25, 0.3) is 0 Å². The molecule has 3 N–H and O–H groups in total. The Morgan fingerprint density at radius 2 is 2.16 bits per heavy atom. The molecule has 0 aromatic heterocycles. The van der Waals surface area contributed by atoms with Crippen LogP contribution in [0.5, 0.6) is 0 Å². The molecule has 1 atom stereocenters. The summed E-state index contributed by atoms with van der Waals surface area (Å²) in [4.78, 5) is 22.5. The van der Waals surface area contributed by atoms with Crippen molar-refractivity contribution in [3.05, 3.63) is 34.3 Å². The van der Waals surface area contributed by atoms with Crippen LogP contribution in [-0.2, 0) is 11.3 Å². The Hall–Kier alpha value is -1.56. The molecule has 0 saturated heterocycles. The van der Waals surface area contributed by atoms with Crippen molar-refractivity contribution in [1.82, 2.24) is 10.6 Å². The third-order valence-corrected chi connectivity index (χ3v) is 3.02. The number of carboxylic acid groups (broad SMARTS) is 1. The van der Waals surface area contributed by atoms with E-state index in [4.69, 9.17) is 5.11 Å². The summed E-state index contributed by atoms with van der Waals surface area (Å²) in [5.74, 6) is -1.01. The standard InChI is InChI=1S/C13H17BrN2O3/c1-2-4-11(12(17)18)16-13(19)15-8-9-5-3-6-10(14)7-9/h3,5-7,11H,2,4,8H2,1H3,(H,17,18)(H2,15,16,19)/t11-/m1/s1. The predicted octanol–water partition coefficient (Wildman–Crippen LogP) is 2.50. The lowest BCUT2D eigenvalue weighted by molar-refractivity contribution is -0.139. The maximum Gasteiger partial charge on any atom is 0.326 e. The molecule has 0 radical (unpaired) electrons. The number of hydrogen-bond donors (Lipinski definition) is 3. The molecule has 1 aromatic rings. The maximum absolute atomic E-state index is 11.6. The van der Waals surface area contributed by atoms with E-state index in [-0.39, 0.29) is 0 Å². The zero-order valence-corrected chi connectivity index (χ0v) is 12.2. The summed E-state index contributed by atoms with van der Waals surface area (Å²) in [7, 11) is 0. The molecule has 0 saturated carbocycles. The van der Waals surface area contributed by atoms with Gasteiger partial charge in [-0.2, -0.15) is 0 Å². The highest BCUT2D eigenvalue weighted by Crippen LogP contribution is 2.11. The highest BCUT2D eigenvalue weighted by Gasteiger charge is 2.18. The first-order valence-corrected chi connectivity index (χ1v) is 6.84. The average molecular weight is 329 g/mol. The number of benzene rings is 1. The summed E-state index contributed by atoms with van der Waals surface area (Å²) in [5.41, 5.74) is 0.937. The van der Waals surface area contributed by atoms with Gasteiger partial charge >= 0.3 is 12.0 Å². The van der Waals surface area contributed by atoms with Crippen LogP contribution in [0.3, 0.4) is 0 Å². The number of amides is 2. The number of carboxylic acids is 1. The number of hydrogen-bond acceptors (Lipinski definition) is 2. The summed E-state index contributed by atoms with van der Waals surface area (Å²) in [6, 6.07) is 6.22. The lowest BCUT2D eigenvalue weighted by Crippen LogP contribution is -2.45. The molecule has 0 fully saturated rings. The number of nitrogens with one attached hydrogen (secondary N) is 2. The molecule has 0 unspecified atom stereocenters. The number of carbonyl (C=O) groups excluding carboxylic acids is 1. The molecule has 19 heavy (non-hydrogen) atoms. The summed E-state index contributed by atoms with van der Waals surface area (Å²) in [6.45, 7) is 2.22. The van der Waals surface area contributed by atoms with Crippen LogP contribution >= 0.6 is 15.9 Å². The van der Waals surface area contributed by atoms with E-state index in [0.717, 1.165) is 10.0 Å². The van der Waals surface area contributed by atoms with Crippen LogP contribution in [0.2, 0.25) is 0 Å². The van der Waals surface area contributed by atoms with Crippen molar-refractivity contribution >= 4 is 27.9 Å². The predicted molar refractivity (Wildman–Crippen MR) is 75.8 cm³/mol. The van der Waals surface area contributed by atoms with Gasteiger partial charge in [0.15, 0.2) is 0 Å². The minimum atomic E-state index is -1.01. The van der Waals surface area contributed by atoms with E-state index >= 15 is 0 Å². The zero-order valence-electron chi connectivity index (χ0n) is 10.6. The SMILES string of the molecule is CCC[C@@H](NC(=O)NCc1cccc(Br)c1)C(=O)O. The Balaban J connectivity index is 2.44. The van der Waals surface area contributed by atoms with Crippen LogP contribution in [-0.4, -0.2) is 23.1 Å². The minimum Gasteiger partial charge on any atom is -0.480 e. The van der Waals surface area contributed by atoms with Gasteiger partial charge in [-0.3, -0.25) is 0 Å². The number of aliphatic carboxylic acids is 1. The average Bonchev–Trinajstić information content (AvgIpc) is 2.36. The highest BCUT2D eigenvalue weighted by molar-refractivity contribution is 9.10. The van der Waals surface area contributed by atoms with E-state index in [2.05, 4.69) is 26.6 Å². The molecule has 1 aromatic carbocycles. The molecule has 0 bridgehead atoms. The van der Waals surface area contributed by atoms with Crippen molar-refractivity contribution in [2.45, 2.75) is 32.4 Å². The lowest BCUT2D eigenvalue weighted by Gasteiger charge is -2.14. The normalized spacial score (nSPS) is 11.7. The van der Waals surface area contributed by atoms with Gasteiger partial charge in [-0.15, -0.1) is 0 Å². The van der Waals surface area contributed by atoms with E-state index in [1.165, 1.54) is 0 Å². The van der Waals surface area contributed by atoms with Crippen LogP contribution in [0.1, 0.15) is 25.3 Å². The first-order chi connectivity index (χ1) is 9.02. The van der Waals surface area contributed by atoms with Crippen molar-refractivity contribution < 1.29 is 14.7 Å². The maximum atomic E-state index is 11.6. The summed E-state index contributed by atoms with van der Waals surface area (Å²) < 4.78 is 0.932. The van der Waals surface area contributed by atoms with E-state index in [0.29, 0.717) is 19.4 Å². The molecule has 0 spiro atoms. The highest BCUT2D eigenvalue weighted by atomic mass is 79.9. The number of halogens is 1. The van der Waals surface area contributed by atoms with Crippen LogP contribution < -0.4 is 10.6 Å². The van der Waals surface area contributed by atoms with Gasteiger partial charge in [0, 0.05) is 11.0 Å². The summed E-state index contributed by atoms with van der Waals surface area (Å²) in [5, 5.41) is 14.0. The summed E-state index contributed by atoms with van der Waals surface area (Å²) >= 11 is 3.34. The van der Waals surface area contributed by atoms with Gasteiger partial charge in [0.25, 0.3) is 0 Å². The Morgan fingerprint density at radius 3 is 2.74 bits per heavy atom. The molecule has 2 amide bonds. The number of urea groups is 1. The molecule has 0 aliphatic rings. The second kappa shape index (κ2) is 7.78. The fourth-order valence-corrected chi connectivity index (χ4v) is 2.03. The van der Waals surface area contributed by atoms with Gasteiger partial charge in [-0.1, -0.05) is 41.4 Å². The quantitative estimate of drug-likeness (QED) is 0.750. The van der Waals surface area contributed by atoms with E-state index < -0.39 is 18.0 Å². The topological polar surface area (TPSA) is 78.4 Å². The Morgan fingerprint density at radius 1 is 1.42 bits per heavy atom. The van der Waals surface area contributed by atoms with Crippen LogP contribution in [0.15, 0.2) is 28.7 Å². The molecule has 0 heterocycles. The van der Waals surface area contributed by atoms with Gasteiger partial charge in [-0.25, -0.2) is 9.59 Å². The van der Waals surface area contributed by atoms with Crippen LogP contribution in [0, 0.1) is 0 Å². The van der Waals surface area contributed by atoms with Gasteiger partial charge in [0.05, 0.1) is 0 Å². The third kappa shape index (κ3) is 5.74. The minimum absolute atomic E-state index is 0.351.